The highest BCUT2D eigenvalue weighted by molar-refractivity contribution is 7.51. The number of hydrogen-bond acceptors (Lipinski definition) is 4. The van der Waals surface area contributed by atoms with Crippen molar-refractivity contribution < 1.29 is 14.5 Å². The average Bonchev–Trinajstić information content (AvgIpc) is 2.56. The van der Waals surface area contributed by atoms with Gasteiger partial charge < -0.3 is 21.3 Å². The maximum absolute atomic E-state index is 11.7. The van der Waals surface area contributed by atoms with E-state index in [9.17, 15) is 14.5 Å². The van der Waals surface area contributed by atoms with E-state index in [2.05, 4.69) is 10.6 Å². The maximum atomic E-state index is 11.7. The maximum Gasteiger partial charge on any atom is 0.239 e. The summed E-state index contributed by atoms with van der Waals surface area (Å²) in [6.07, 6.45) is 8.96. The van der Waals surface area contributed by atoms with E-state index in [1.54, 1.807) is 0 Å². The van der Waals surface area contributed by atoms with Crippen LogP contribution in [0, 0.1) is 11.8 Å². The number of amides is 2. The highest BCUT2D eigenvalue weighted by atomic mass is 31.1. The lowest BCUT2D eigenvalue weighted by atomic mass is 9.91. The Labute approximate surface area is 147 Å². The molecule has 1 rings (SSSR count). The molecule has 1 aliphatic rings. The molecule has 0 spiro atoms. The zero-order chi connectivity index (χ0) is 17.9. The minimum atomic E-state index is -0.906. The van der Waals surface area contributed by atoms with Crippen LogP contribution in [0.1, 0.15) is 52.4 Å². The molecule has 0 aromatic carbocycles. The standard InChI is InChI=1S/C17H34N3O3P/c1-13(2)16(18)17(22)20-11-15(21)19-9-6-10-24(23)12-14-7-4-3-5-8-14/h13-14,16,23H,3-12,18H2,1-2H3,(H,19,21)(H,20,22). The first-order chi connectivity index (χ1) is 11.4. The second kappa shape index (κ2) is 11.8. The fourth-order valence-corrected chi connectivity index (χ4v) is 4.57. The molecule has 140 valence electrons. The third kappa shape index (κ3) is 8.95. The minimum Gasteiger partial charge on any atom is -0.374 e. The summed E-state index contributed by atoms with van der Waals surface area (Å²) in [6.45, 7) is 4.22. The second-order valence-corrected chi connectivity index (χ2v) is 8.93. The Morgan fingerprint density at radius 3 is 2.50 bits per heavy atom. The smallest absolute Gasteiger partial charge is 0.239 e. The molecule has 5 N–H and O–H groups in total. The van der Waals surface area contributed by atoms with Crippen LogP contribution in [0.3, 0.4) is 0 Å². The molecule has 0 aliphatic heterocycles. The van der Waals surface area contributed by atoms with E-state index in [1.165, 1.54) is 32.1 Å². The molecule has 1 fully saturated rings. The molecule has 0 heterocycles. The van der Waals surface area contributed by atoms with Crippen LogP contribution in [0.4, 0.5) is 0 Å². The fraction of sp³-hybridized carbons (Fsp3) is 0.882. The Morgan fingerprint density at radius 1 is 1.21 bits per heavy atom. The third-order valence-corrected chi connectivity index (χ3v) is 6.32. The van der Waals surface area contributed by atoms with Crippen molar-refractivity contribution in [1.29, 1.82) is 0 Å². The summed E-state index contributed by atoms with van der Waals surface area (Å²) in [5.41, 5.74) is 5.71. The first-order valence-electron chi connectivity index (χ1n) is 9.14. The molecule has 0 saturated heterocycles. The van der Waals surface area contributed by atoms with Gasteiger partial charge in [0, 0.05) is 14.7 Å². The molecule has 1 saturated carbocycles. The SMILES string of the molecule is CC(C)C(N)C(=O)NCC(=O)NCCCP(O)CC1CCCCC1. The number of carbonyl (C=O) groups is 2. The van der Waals surface area contributed by atoms with E-state index in [0.717, 1.165) is 18.7 Å². The first kappa shape index (κ1) is 21.3. The molecule has 2 atom stereocenters. The second-order valence-electron chi connectivity index (χ2n) is 7.11. The Bertz CT molecular complexity index is 387. The number of carbonyl (C=O) groups excluding carboxylic acids is 2. The Hall–Kier alpha value is -0.710. The Balaban J connectivity index is 2.05. The molecule has 24 heavy (non-hydrogen) atoms. The molecule has 6 nitrogen and oxygen atoms in total. The van der Waals surface area contributed by atoms with E-state index >= 15 is 0 Å². The zero-order valence-electron chi connectivity index (χ0n) is 15.1. The molecule has 2 amide bonds. The summed E-state index contributed by atoms with van der Waals surface area (Å²) in [5, 5.41) is 5.32. The summed E-state index contributed by atoms with van der Waals surface area (Å²) in [4.78, 5) is 33.5. The van der Waals surface area contributed by atoms with Gasteiger partial charge in [0.15, 0.2) is 0 Å². The lowest BCUT2D eigenvalue weighted by Gasteiger charge is -2.23. The van der Waals surface area contributed by atoms with E-state index in [4.69, 9.17) is 5.73 Å². The molecular weight excluding hydrogens is 325 g/mol. The van der Waals surface area contributed by atoms with Gasteiger partial charge in [0.25, 0.3) is 0 Å². The predicted molar refractivity (Wildman–Crippen MR) is 98.9 cm³/mol. The van der Waals surface area contributed by atoms with Crippen molar-refractivity contribution in [3.63, 3.8) is 0 Å². The van der Waals surface area contributed by atoms with Gasteiger partial charge in [-0.15, -0.1) is 0 Å². The largest absolute Gasteiger partial charge is 0.374 e. The van der Waals surface area contributed by atoms with E-state index in [0.29, 0.717) is 12.5 Å². The van der Waals surface area contributed by atoms with Crippen molar-refractivity contribution in [2.24, 2.45) is 17.6 Å². The number of nitrogens with two attached hydrogens (primary N) is 1. The molecule has 0 aromatic heterocycles. The van der Waals surface area contributed by atoms with Gasteiger partial charge in [0.1, 0.15) is 0 Å². The topological polar surface area (TPSA) is 104 Å². The first-order valence-corrected chi connectivity index (χ1v) is 10.8. The summed E-state index contributed by atoms with van der Waals surface area (Å²) >= 11 is 0. The Kier molecular flexibility index (Phi) is 10.5. The highest BCUT2D eigenvalue weighted by Crippen LogP contribution is 2.38. The number of hydrogen-bond donors (Lipinski definition) is 4. The quantitative estimate of drug-likeness (QED) is 0.351. The van der Waals surface area contributed by atoms with Gasteiger partial charge in [0.05, 0.1) is 12.6 Å². The summed E-state index contributed by atoms with van der Waals surface area (Å²) in [6, 6.07) is -0.587. The number of rotatable bonds is 10. The van der Waals surface area contributed by atoms with Crippen LogP contribution in [0.25, 0.3) is 0 Å². The van der Waals surface area contributed by atoms with Crippen LogP contribution in [-0.2, 0) is 9.59 Å². The van der Waals surface area contributed by atoms with E-state index < -0.39 is 14.2 Å². The van der Waals surface area contributed by atoms with Gasteiger partial charge in [-0.3, -0.25) is 9.59 Å². The van der Waals surface area contributed by atoms with Gasteiger partial charge in [-0.05, 0) is 30.6 Å². The van der Waals surface area contributed by atoms with Gasteiger partial charge in [-0.25, -0.2) is 0 Å². The normalized spacial score (nSPS) is 18.2. The van der Waals surface area contributed by atoms with Crippen LogP contribution >= 0.6 is 8.15 Å². The van der Waals surface area contributed by atoms with Gasteiger partial charge in [0.2, 0.25) is 11.8 Å². The highest BCUT2D eigenvalue weighted by Gasteiger charge is 2.18. The monoisotopic (exact) mass is 359 g/mol. The van der Waals surface area contributed by atoms with Crippen LogP contribution in [0.15, 0.2) is 0 Å². The summed E-state index contributed by atoms with van der Waals surface area (Å²) < 4.78 is 0. The molecule has 0 aromatic rings. The van der Waals surface area contributed by atoms with E-state index in [1.807, 2.05) is 13.8 Å². The van der Waals surface area contributed by atoms with Gasteiger partial charge in [-0.2, -0.15) is 0 Å². The van der Waals surface area contributed by atoms with Crippen LogP contribution < -0.4 is 16.4 Å². The van der Waals surface area contributed by atoms with Crippen LogP contribution in [0.2, 0.25) is 0 Å². The zero-order valence-corrected chi connectivity index (χ0v) is 16.0. The lowest BCUT2D eigenvalue weighted by molar-refractivity contribution is -0.127. The van der Waals surface area contributed by atoms with Gasteiger partial charge >= 0.3 is 0 Å². The molecule has 7 heteroatoms. The predicted octanol–water partition coefficient (Wildman–Crippen LogP) is 1.56. The average molecular weight is 359 g/mol. The van der Waals surface area contributed by atoms with E-state index in [-0.39, 0.29) is 24.3 Å². The summed E-state index contributed by atoms with van der Waals surface area (Å²) in [7, 11) is -0.906. The Morgan fingerprint density at radius 2 is 1.88 bits per heavy atom. The van der Waals surface area contributed by atoms with Crippen LogP contribution in [-0.4, -0.2) is 48.2 Å². The fourth-order valence-electron chi connectivity index (χ4n) is 2.90. The summed E-state index contributed by atoms with van der Waals surface area (Å²) in [5.74, 6) is 0.228. The van der Waals surface area contributed by atoms with Crippen LogP contribution in [0.5, 0.6) is 0 Å². The van der Waals surface area contributed by atoms with Crippen molar-refractivity contribution in [2.45, 2.75) is 58.4 Å². The van der Waals surface area contributed by atoms with Crippen molar-refractivity contribution in [3.05, 3.63) is 0 Å². The van der Waals surface area contributed by atoms with Crippen molar-refractivity contribution in [1.82, 2.24) is 10.6 Å². The molecule has 2 unspecified atom stereocenters. The molecule has 0 bridgehead atoms. The molecular formula is C17H34N3O3P. The van der Waals surface area contributed by atoms with Gasteiger partial charge in [-0.1, -0.05) is 46.0 Å². The third-order valence-electron chi connectivity index (χ3n) is 4.55. The van der Waals surface area contributed by atoms with Crippen molar-refractivity contribution >= 4 is 20.0 Å². The van der Waals surface area contributed by atoms with Crippen molar-refractivity contribution in [3.8, 4) is 0 Å². The van der Waals surface area contributed by atoms with Crippen molar-refractivity contribution in [2.75, 3.05) is 25.4 Å². The number of nitrogens with one attached hydrogen (secondary N) is 2. The lowest BCUT2D eigenvalue weighted by Crippen LogP contribution is -2.47. The molecule has 1 aliphatic carbocycles. The minimum absolute atomic E-state index is 0.0426. The molecule has 0 radical (unpaired) electrons.